The molecule has 9 heteroatoms. The van der Waals surface area contributed by atoms with E-state index >= 15 is 0 Å². The molecule has 41 heavy (non-hydrogen) atoms. The van der Waals surface area contributed by atoms with Gasteiger partial charge in [0.2, 0.25) is 5.43 Å². The first-order valence-corrected chi connectivity index (χ1v) is 13.7. The molecule has 0 N–H and O–H groups in total. The Morgan fingerprint density at radius 3 is 2.39 bits per heavy atom. The van der Waals surface area contributed by atoms with E-state index in [1.54, 1.807) is 19.9 Å². The molecule has 3 aromatic carbocycles. The Morgan fingerprint density at radius 1 is 1.07 bits per heavy atom. The van der Waals surface area contributed by atoms with Crippen molar-refractivity contribution in [3.63, 3.8) is 0 Å². The molecule has 0 unspecified atom stereocenters. The first kappa shape index (κ1) is 28.4. The molecule has 0 radical (unpaired) electrons. The number of pyridine rings is 1. The average molecular weight is 561 g/mol. The predicted octanol–water partition coefficient (Wildman–Crippen LogP) is 4.88. The van der Waals surface area contributed by atoms with Crippen molar-refractivity contribution in [2.24, 2.45) is 7.05 Å². The number of aryl methyl sites for hydroxylation is 1. The Balaban J connectivity index is 1.77. The molecule has 0 saturated carbocycles. The summed E-state index contributed by atoms with van der Waals surface area (Å²) in [5, 5.41) is 2.78. The molecule has 0 fully saturated rings. The monoisotopic (exact) mass is 560 g/mol. The third-order valence-corrected chi connectivity index (χ3v) is 7.67. The summed E-state index contributed by atoms with van der Waals surface area (Å²) in [5.41, 5.74) is 0.357. The molecule has 1 aliphatic rings. The Labute approximate surface area is 238 Å². The smallest absolute Gasteiger partial charge is 0.306 e. The maximum Gasteiger partial charge on any atom is 0.306 e. The van der Waals surface area contributed by atoms with Gasteiger partial charge in [0, 0.05) is 31.8 Å². The molecular weight excluding hydrogens is 524 g/mol. The third kappa shape index (κ3) is 5.10. The first-order valence-electron chi connectivity index (χ1n) is 13.7. The molecule has 5 rings (SSSR count). The van der Waals surface area contributed by atoms with Gasteiger partial charge in [0.1, 0.15) is 17.1 Å². The molecule has 1 aliphatic heterocycles. The van der Waals surface area contributed by atoms with Crippen LogP contribution in [-0.4, -0.2) is 60.9 Å². The average Bonchev–Trinajstić information content (AvgIpc) is 2.91. The van der Waals surface area contributed by atoms with E-state index in [4.69, 9.17) is 18.9 Å². The number of rotatable bonds is 7. The fraction of sp³-hybridized carbons (Fsp3) is 0.406. The van der Waals surface area contributed by atoms with Crippen molar-refractivity contribution >= 4 is 44.5 Å². The standard InChI is InChI=1S/C32H36N2O7/c1-18(35)39-30-27-24(41-32(2,3)31(30)40-25(36)13-10-14-33(4)5)17-23(38-7)26-28(27)34(6)22-16-20-12-9-8-11-19(20)15-21(22)29(26)37/h8-9,11-12,15-17,30-31H,10,13-14H2,1-7H3/t30-,31-/m0/s1. The van der Waals surface area contributed by atoms with Crippen LogP contribution >= 0.6 is 0 Å². The summed E-state index contributed by atoms with van der Waals surface area (Å²) in [7, 11) is 7.23. The first-order chi connectivity index (χ1) is 19.4. The second kappa shape index (κ2) is 10.7. The van der Waals surface area contributed by atoms with Crippen LogP contribution in [0.15, 0.2) is 47.3 Å². The Bertz CT molecular complexity index is 1740. The van der Waals surface area contributed by atoms with Crippen LogP contribution < -0.4 is 14.9 Å². The summed E-state index contributed by atoms with van der Waals surface area (Å²) in [4.78, 5) is 41.6. The second-order valence-corrected chi connectivity index (χ2v) is 11.4. The van der Waals surface area contributed by atoms with E-state index in [1.807, 2.05) is 67.0 Å². The number of carbonyl (C=O) groups is 2. The van der Waals surface area contributed by atoms with Crippen molar-refractivity contribution in [1.29, 1.82) is 0 Å². The molecule has 1 aromatic heterocycles. The number of ether oxygens (including phenoxy) is 4. The van der Waals surface area contributed by atoms with E-state index < -0.39 is 29.7 Å². The van der Waals surface area contributed by atoms with Crippen LogP contribution in [0.4, 0.5) is 0 Å². The maximum absolute atomic E-state index is 14.1. The van der Waals surface area contributed by atoms with Gasteiger partial charge in [-0.2, -0.15) is 0 Å². The highest BCUT2D eigenvalue weighted by molar-refractivity contribution is 6.04. The van der Waals surface area contributed by atoms with Crippen LogP contribution in [-0.2, 0) is 26.1 Å². The molecule has 0 aliphatic carbocycles. The Hall–Kier alpha value is -4.11. The molecule has 0 saturated heterocycles. The number of hydrogen-bond donors (Lipinski definition) is 0. The molecule has 2 atom stereocenters. The largest absolute Gasteiger partial charge is 0.496 e. The topological polar surface area (TPSA) is 96.3 Å². The zero-order chi connectivity index (χ0) is 29.6. The van der Waals surface area contributed by atoms with Crippen LogP contribution in [0.5, 0.6) is 11.5 Å². The lowest BCUT2D eigenvalue weighted by molar-refractivity contribution is -0.189. The zero-order valence-electron chi connectivity index (χ0n) is 24.6. The predicted molar refractivity (Wildman–Crippen MR) is 158 cm³/mol. The van der Waals surface area contributed by atoms with Gasteiger partial charge in [-0.15, -0.1) is 0 Å². The number of esters is 2. The van der Waals surface area contributed by atoms with E-state index in [0.717, 1.165) is 17.3 Å². The van der Waals surface area contributed by atoms with Gasteiger partial charge in [0.25, 0.3) is 0 Å². The SMILES string of the molecule is COc1cc2c(c3c1c(=O)c1cc4ccccc4cc1n3C)[C@H](OC(C)=O)[C@H](OC(=O)CCCN(C)C)C(C)(C)O2. The van der Waals surface area contributed by atoms with Gasteiger partial charge in [0.05, 0.1) is 29.1 Å². The van der Waals surface area contributed by atoms with Gasteiger partial charge in [-0.3, -0.25) is 14.4 Å². The minimum absolute atomic E-state index is 0.198. The molecule has 216 valence electrons. The number of methoxy groups -OCH3 is 1. The van der Waals surface area contributed by atoms with Gasteiger partial charge in [-0.25, -0.2) is 0 Å². The van der Waals surface area contributed by atoms with Gasteiger partial charge < -0.3 is 28.4 Å². The summed E-state index contributed by atoms with van der Waals surface area (Å²) in [6, 6.07) is 13.3. The zero-order valence-corrected chi connectivity index (χ0v) is 24.6. The van der Waals surface area contributed by atoms with E-state index in [2.05, 4.69) is 0 Å². The summed E-state index contributed by atoms with van der Waals surface area (Å²) in [5.74, 6) is -0.239. The molecule has 9 nitrogen and oxygen atoms in total. The molecule has 0 spiro atoms. The van der Waals surface area contributed by atoms with E-state index in [0.29, 0.717) is 45.3 Å². The number of hydrogen-bond acceptors (Lipinski definition) is 8. The molecule has 2 heterocycles. The van der Waals surface area contributed by atoms with Gasteiger partial charge in [0.15, 0.2) is 12.2 Å². The van der Waals surface area contributed by atoms with E-state index in [1.165, 1.54) is 14.0 Å². The van der Waals surface area contributed by atoms with Crippen molar-refractivity contribution in [2.75, 3.05) is 27.7 Å². The van der Waals surface area contributed by atoms with Gasteiger partial charge >= 0.3 is 11.9 Å². The lowest BCUT2D eigenvalue weighted by Gasteiger charge is -2.43. The van der Waals surface area contributed by atoms with Crippen molar-refractivity contribution in [3.05, 3.63) is 58.3 Å². The Morgan fingerprint density at radius 2 is 1.76 bits per heavy atom. The number of aromatic nitrogens is 1. The summed E-state index contributed by atoms with van der Waals surface area (Å²) >= 11 is 0. The van der Waals surface area contributed by atoms with E-state index in [9.17, 15) is 14.4 Å². The van der Waals surface area contributed by atoms with Crippen LogP contribution in [0.25, 0.3) is 32.6 Å². The normalized spacial score (nSPS) is 17.9. The molecule has 0 amide bonds. The van der Waals surface area contributed by atoms with Gasteiger partial charge in [-0.1, -0.05) is 24.3 Å². The number of fused-ring (bicyclic) bond motifs is 5. The summed E-state index contributed by atoms with van der Waals surface area (Å²) < 4.78 is 26.0. The van der Waals surface area contributed by atoms with Crippen LogP contribution in [0.2, 0.25) is 0 Å². The van der Waals surface area contributed by atoms with Crippen molar-refractivity contribution < 1.29 is 28.5 Å². The third-order valence-electron chi connectivity index (χ3n) is 7.67. The second-order valence-electron chi connectivity index (χ2n) is 11.4. The maximum atomic E-state index is 14.1. The lowest BCUT2D eigenvalue weighted by atomic mass is 9.86. The fourth-order valence-electron chi connectivity index (χ4n) is 5.77. The van der Waals surface area contributed by atoms with Gasteiger partial charge in [-0.05, 0) is 63.8 Å². The van der Waals surface area contributed by atoms with Crippen molar-refractivity contribution in [2.45, 2.75) is 51.4 Å². The van der Waals surface area contributed by atoms with Crippen molar-refractivity contribution in [1.82, 2.24) is 9.47 Å². The number of benzene rings is 3. The molecule has 4 aromatic rings. The summed E-state index contributed by atoms with van der Waals surface area (Å²) in [6.45, 7) is 5.60. The molecular formula is C32H36N2O7. The van der Waals surface area contributed by atoms with Crippen LogP contribution in [0.3, 0.4) is 0 Å². The summed E-state index contributed by atoms with van der Waals surface area (Å²) in [6.07, 6.45) is -1.18. The van der Waals surface area contributed by atoms with Crippen LogP contribution in [0, 0.1) is 0 Å². The number of nitrogens with zero attached hydrogens (tertiary/aromatic N) is 2. The quantitative estimate of drug-likeness (QED) is 0.233. The van der Waals surface area contributed by atoms with E-state index in [-0.39, 0.29) is 11.8 Å². The minimum atomic E-state index is -1.06. The fourth-order valence-corrected chi connectivity index (χ4v) is 5.77. The minimum Gasteiger partial charge on any atom is -0.496 e. The Kier molecular flexibility index (Phi) is 7.42. The molecule has 0 bridgehead atoms. The number of carbonyl (C=O) groups excluding carboxylic acids is 2. The van der Waals surface area contributed by atoms with Crippen LogP contribution in [0.1, 0.15) is 45.3 Å². The lowest BCUT2D eigenvalue weighted by Crippen LogP contribution is -2.52. The van der Waals surface area contributed by atoms with Crippen molar-refractivity contribution in [3.8, 4) is 11.5 Å². The highest BCUT2D eigenvalue weighted by Gasteiger charge is 2.50. The highest BCUT2D eigenvalue weighted by Crippen LogP contribution is 2.49. The highest BCUT2D eigenvalue weighted by atomic mass is 16.6.